The number of rotatable bonds is 19. The Hall–Kier alpha value is -10.2. The number of para-hydroxylation sites is 1. The van der Waals surface area contributed by atoms with Crippen molar-refractivity contribution < 1.29 is 74.5 Å². The van der Waals surface area contributed by atoms with E-state index >= 15 is 0 Å². The molecule has 30 heteroatoms. The molecule has 7 aromatic rings. The highest BCUT2D eigenvalue weighted by molar-refractivity contribution is 7.91. The molecule has 1 atom stereocenters. The maximum Gasteiger partial charge on any atom is 0.338 e. The maximum atomic E-state index is 13.5. The largest absolute Gasteiger partial charge is 0.496 e. The fourth-order valence-corrected chi connectivity index (χ4v) is 13.1. The number of aromatic nitrogens is 5. The molecule has 0 saturated heterocycles. The highest BCUT2D eigenvalue weighted by Gasteiger charge is 2.43. The second-order valence-electron chi connectivity index (χ2n) is 26.1. The second-order valence-corrected chi connectivity index (χ2v) is 29.8. The summed E-state index contributed by atoms with van der Waals surface area (Å²) in [4.78, 5) is 112. The van der Waals surface area contributed by atoms with Gasteiger partial charge in [0.15, 0.2) is 21.5 Å². The van der Waals surface area contributed by atoms with E-state index in [2.05, 4.69) is 63.8 Å². The summed E-state index contributed by atoms with van der Waals surface area (Å²) in [5.74, 6) is -2.46. The van der Waals surface area contributed by atoms with Crippen molar-refractivity contribution in [1.82, 2.24) is 39.5 Å². The summed E-state index contributed by atoms with van der Waals surface area (Å²) in [6.45, 7) is 21.3. The number of carbonyl (C=O) groups is 6. The minimum Gasteiger partial charge on any atom is -0.496 e. The number of fused-ring (bicyclic) bond motifs is 1. The van der Waals surface area contributed by atoms with Gasteiger partial charge < -0.3 is 44.6 Å². The highest BCUT2D eigenvalue weighted by atomic mass is 32.2. The number of pyridine rings is 1. The molecule has 4 aliphatic rings. The second kappa shape index (κ2) is 32.2. The number of amides is 3. The lowest BCUT2D eigenvalue weighted by molar-refractivity contribution is -0.143. The number of nitrogens with zero attached hydrogens (tertiary/aromatic N) is 6. The van der Waals surface area contributed by atoms with Crippen LogP contribution in [0.4, 0.5) is 0 Å². The fraction of sp³-hybridized carbons (Fsp3) is 0.403. The average Bonchev–Trinajstić information content (AvgIpc) is 1.57. The van der Waals surface area contributed by atoms with Crippen LogP contribution in [0, 0.1) is 25.2 Å². The monoisotopic (exact) mass is 1440 g/mol. The van der Waals surface area contributed by atoms with Crippen LogP contribution in [0.2, 0.25) is 0 Å². The van der Waals surface area contributed by atoms with Crippen molar-refractivity contribution in [1.29, 1.82) is 0 Å². The number of carbonyl (C=O) groups excluding carboxylic acids is 5. The van der Waals surface area contributed by atoms with Crippen molar-refractivity contribution in [3.63, 3.8) is 0 Å². The molecule has 3 aromatic heterocycles. The van der Waals surface area contributed by atoms with Crippen LogP contribution < -0.4 is 35.9 Å². The third-order valence-corrected chi connectivity index (χ3v) is 19.8. The quantitative estimate of drug-likeness (QED) is 0.0388. The number of methoxy groups -OCH3 is 2. The third-order valence-electron chi connectivity index (χ3n) is 17.3. The molecule has 3 amide bonds. The van der Waals surface area contributed by atoms with Crippen LogP contribution >= 0.6 is 0 Å². The van der Waals surface area contributed by atoms with E-state index in [0.29, 0.717) is 78.7 Å². The van der Waals surface area contributed by atoms with E-state index in [1.54, 1.807) is 41.4 Å². The molecule has 6 heterocycles. The number of aromatic amines is 1. The van der Waals surface area contributed by atoms with Gasteiger partial charge in [0.25, 0.3) is 38.9 Å². The van der Waals surface area contributed by atoms with Gasteiger partial charge in [0.1, 0.15) is 34.7 Å². The zero-order valence-electron chi connectivity index (χ0n) is 59.5. The van der Waals surface area contributed by atoms with E-state index in [4.69, 9.17) is 23.8 Å². The van der Waals surface area contributed by atoms with Gasteiger partial charge in [-0.3, -0.25) is 43.2 Å². The van der Waals surface area contributed by atoms with Crippen LogP contribution in [0.15, 0.2) is 121 Å². The molecule has 1 aliphatic carbocycles. The highest BCUT2D eigenvalue weighted by Crippen LogP contribution is 2.37. The van der Waals surface area contributed by atoms with Crippen LogP contribution in [0.5, 0.6) is 11.6 Å². The number of carboxylic acids is 1. The molecule has 11 rings (SSSR count). The number of hydrogen-bond donors (Lipinski definition) is 5. The zero-order valence-corrected chi connectivity index (χ0v) is 61.1. The first-order valence-electron chi connectivity index (χ1n) is 32.9. The van der Waals surface area contributed by atoms with Crippen LogP contribution in [-0.4, -0.2) is 145 Å². The number of aliphatic imine (C=N–C) groups is 1. The Labute approximate surface area is 590 Å². The first kappa shape index (κ1) is 77.6. The average molecular weight is 1440 g/mol. The van der Waals surface area contributed by atoms with Gasteiger partial charge in [-0.25, -0.2) is 40.7 Å². The Bertz CT molecular complexity index is 4800. The lowest BCUT2D eigenvalue weighted by atomic mass is 9.89. The van der Waals surface area contributed by atoms with Crippen molar-refractivity contribution in [2.24, 2.45) is 28.5 Å². The van der Waals surface area contributed by atoms with Crippen molar-refractivity contribution >= 4 is 66.9 Å². The SMILES string of the molecule is CCc1cc(C)cc(CC)c1-c1c(OC(=O)C(C)(C)C)n2n(c1=O)CCOCC2.COCc1cnc(C2=NC(C)(C(C)C)C(=O)N2)c(C(=O)O)c1.COc1ccccc1C(=O)NS(=O)(=O)c1ccc(C(=O)NC2CC2)cc1.Cc1c(C(=O)c2c[nH]n(C)c2=O)ccc(S(C)(=O)=O)c1C1=NOCC1. The Kier molecular flexibility index (Phi) is 24.5. The summed E-state index contributed by atoms with van der Waals surface area (Å²) < 4.78 is 77.2. The van der Waals surface area contributed by atoms with Crippen molar-refractivity contribution in [2.45, 2.75) is 142 Å². The molecule has 102 heavy (non-hydrogen) atoms. The molecule has 0 radical (unpaired) electrons. The van der Waals surface area contributed by atoms with Gasteiger partial charge in [-0.05, 0) is 156 Å². The summed E-state index contributed by atoms with van der Waals surface area (Å²) >= 11 is 0. The summed E-state index contributed by atoms with van der Waals surface area (Å²) in [7, 11) is -3.18. The number of oxime groups is 1. The number of ether oxygens (including phenoxy) is 4. The summed E-state index contributed by atoms with van der Waals surface area (Å²) in [5.41, 5.74) is 5.45. The number of carboxylic acid groups (broad SMARTS) is 1. The predicted octanol–water partition coefficient (Wildman–Crippen LogP) is 7.44. The third kappa shape index (κ3) is 17.6. The van der Waals surface area contributed by atoms with E-state index in [9.17, 15) is 60.3 Å². The van der Waals surface area contributed by atoms with Gasteiger partial charge in [-0.2, -0.15) is 0 Å². The Morgan fingerprint density at radius 2 is 1.45 bits per heavy atom. The normalized spacial score (nSPS) is 15.6. The molecule has 0 bridgehead atoms. The number of amidine groups is 1. The molecule has 1 fully saturated rings. The van der Waals surface area contributed by atoms with Crippen molar-refractivity contribution in [3.8, 4) is 22.8 Å². The number of sulfone groups is 1. The first-order valence-corrected chi connectivity index (χ1v) is 36.3. The van der Waals surface area contributed by atoms with Crippen LogP contribution in [0.25, 0.3) is 11.1 Å². The maximum absolute atomic E-state index is 13.5. The molecule has 544 valence electrons. The molecule has 4 aromatic carbocycles. The molecule has 0 spiro atoms. The number of H-pyrrole nitrogens is 1. The molecular weight excluding hydrogens is 1360 g/mol. The first-order chi connectivity index (χ1) is 48.1. The van der Waals surface area contributed by atoms with Crippen LogP contribution in [0.3, 0.4) is 0 Å². The van der Waals surface area contributed by atoms with Gasteiger partial charge in [-0.1, -0.05) is 62.7 Å². The molecule has 5 N–H and O–H groups in total. The summed E-state index contributed by atoms with van der Waals surface area (Å²) in [6.07, 6.45) is 7.93. The molecular formula is C72H86N10O18S2. The number of hydrogen-bond acceptors (Lipinski definition) is 20. The van der Waals surface area contributed by atoms with Gasteiger partial charge in [0, 0.05) is 62.0 Å². The van der Waals surface area contributed by atoms with Crippen LogP contribution in [-0.2, 0) is 83.3 Å². The van der Waals surface area contributed by atoms with Crippen molar-refractivity contribution in [3.05, 3.63) is 179 Å². The number of benzene rings is 4. The van der Waals surface area contributed by atoms with Crippen molar-refractivity contribution in [2.75, 3.05) is 40.3 Å². The topological polar surface area (TPSA) is 375 Å². The smallest absolute Gasteiger partial charge is 0.338 e. The molecule has 28 nitrogen and oxygen atoms in total. The fourth-order valence-electron chi connectivity index (χ4n) is 11.2. The lowest BCUT2D eigenvalue weighted by Crippen LogP contribution is -2.41. The number of aryl methyl sites for hydroxylation is 4. The minimum absolute atomic E-state index is 0.00623. The van der Waals surface area contributed by atoms with E-state index in [1.165, 1.54) is 92.4 Å². The van der Waals surface area contributed by atoms with Gasteiger partial charge in [0.05, 0.1) is 72.1 Å². The molecule has 1 unspecified atom stereocenters. The minimum atomic E-state index is -4.07. The van der Waals surface area contributed by atoms with E-state index in [1.807, 2.05) is 39.3 Å². The number of nitrogens with one attached hydrogen (secondary N) is 4. The number of ketones is 1. The van der Waals surface area contributed by atoms with E-state index in [-0.39, 0.29) is 91.2 Å². The molecule has 3 aliphatic heterocycles. The predicted molar refractivity (Wildman–Crippen MR) is 379 cm³/mol. The zero-order chi connectivity index (χ0) is 74.9. The van der Waals surface area contributed by atoms with Gasteiger partial charge in [-0.15, -0.1) is 0 Å². The Morgan fingerprint density at radius 3 is 1.99 bits per heavy atom. The number of sulfonamides is 1. The summed E-state index contributed by atoms with van der Waals surface area (Å²) in [6, 6.07) is 20.5. The number of aromatic carboxylic acids is 1. The Balaban J connectivity index is 0.000000173. The molecule has 1 saturated carbocycles. The lowest BCUT2D eigenvalue weighted by Gasteiger charge is -2.21. The van der Waals surface area contributed by atoms with Gasteiger partial charge >= 0.3 is 11.9 Å². The van der Waals surface area contributed by atoms with Gasteiger partial charge in [0.2, 0.25) is 5.88 Å². The Morgan fingerprint density at radius 1 is 0.804 bits per heavy atom. The standard InChI is InChI=1S/C23H32N2O4.C18H18N2O5S.C16H17N3O5S.C15H19N3O4/c1-7-16-13-15(3)14-17(8-2)18(16)19-20(26)24-9-11-28-12-10-25(24)21(19)29-22(27)23(4,5)6;1-25-16-5-3-2-4-15(16)18(22)20-26(23,24)14-10-6-12(7-11-14)17(21)19-13-8-9-13;1-9-10(15(20)11-8-17-19(2)16(11)21)4-5-13(25(3,22)23)14(9)12-6-7-24-18-12;1-8(2)15(3)14(21)17-12(18-15)11-10(13(19)20)5-9(6-16-11)7-22-4/h13-14H,7-12H2,1-6H3;2-7,10-11,13H,8-9H2,1H3,(H,19,21)(H,20,22);4-5,8,17H,6-7H2,1-3H3;5-6,8H,7H2,1-4H3,(H,19,20)(H,17,18,21). The summed E-state index contributed by atoms with van der Waals surface area (Å²) in [5, 5.41) is 21.4. The van der Waals surface area contributed by atoms with Crippen LogP contribution in [0.1, 0.15) is 161 Å². The van der Waals surface area contributed by atoms with E-state index < -0.39 is 54.0 Å². The van der Waals surface area contributed by atoms with E-state index in [0.717, 1.165) is 48.6 Å². The number of esters is 1.